The van der Waals surface area contributed by atoms with Gasteiger partial charge in [-0.1, -0.05) is 18.6 Å². The van der Waals surface area contributed by atoms with Gasteiger partial charge < -0.3 is 20.9 Å². The number of nitrogens with one attached hydrogen (secondary N) is 3. The van der Waals surface area contributed by atoms with E-state index in [1.165, 1.54) is 30.4 Å². The van der Waals surface area contributed by atoms with Crippen LogP contribution in [0, 0.1) is 5.92 Å². The van der Waals surface area contributed by atoms with Gasteiger partial charge in [0.05, 0.1) is 0 Å². The number of hydrogen-bond donors (Lipinski definition) is 3. The number of benzene rings is 1. The van der Waals surface area contributed by atoms with E-state index in [1.807, 2.05) is 6.20 Å². The number of amides is 1. The Hall–Kier alpha value is -2.67. The molecule has 1 aromatic heterocycles. The van der Waals surface area contributed by atoms with Gasteiger partial charge in [-0.3, -0.25) is 4.79 Å². The Morgan fingerprint density at radius 3 is 2.53 bits per heavy atom. The van der Waals surface area contributed by atoms with Gasteiger partial charge in [0.15, 0.2) is 0 Å². The highest BCUT2D eigenvalue weighted by Crippen LogP contribution is 2.42. The second-order valence-electron chi connectivity index (χ2n) is 9.35. The first-order chi connectivity index (χ1) is 15.6. The summed E-state index contributed by atoms with van der Waals surface area (Å²) < 4.78 is 0. The summed E-state index contributed by atoms with van der Waals surface area (Å²) >= 11 is 0. The van der Waals surface area contributed by atoms with Crippen molar-refractivity contribution >= 4 is 23.4 Å². The number of hydrogen-bond acceptors (Lipinski definition) is 6. The second-order valence-corrected chi connectivity index (χ2v) is 9.35. The van der Waals surface area contributed by atoms with Gasteiger partial charge in [0.2, 0.25) is 11.9 Å². The van der Waals surface area contributed by atoms with Crippen LogP contribution >= 0.6 is 0 Å². The second kappa shape index (κ2) is 10.8. The van der Waals surface area contributed by atoms with Gasteiger partial charge in [0.1, 0.15) is 5.82 Å². The maximum atomic E-state index is 12.0. The van der Waals surface area contributed by atoms with E-state index in [9.17, 15) is 4.79 Å². The molecule has 0 unspecified atom stereocenters. The van der Waals surface area contributed by atoms with Crippen molar-refractivity contribution in [1.82, 2.24) is 20.2 Å². The van der Waals surface area contributed by atoms with Crippen LogP contribution in [0.1, 0.15) is 55.6 Å². The van der Waals surface area contributed by atoms with Crippen molar-refractivity contribution in [3.63, 3.8) is 0 Å². The molecule has 0 bridgehead atoms. The van der Waals surface area contributed by atoms with Crippen LogP contribution < -0.4 is 16.0 Å². The number of rotatable bonds is 12. The van der Waals surface area contributed by atoms with E-state index < -0.39 is 0 Å². The maximum Gasteiger partial charge on any atom is 0.229 e. The largest absolute Gasteiger partial charge is 0.370 e. The van der Waals surface area contributed by atoms with Gasteiger partial charge in [-0.25, -0.2) is 4.98 Å². The average molecular weight is 437 g/mol. The minimum Gasteiger partial charge on any atom is -0.370 e. The summed E-state index contributed by atoms with van der Waals surface area (Å²) in [7, 11) is 4.19. The molecule has 4 rings (SSSR count). The summed E-state index contributed by atoms with van der Waals surface area (Å²) in [5.41, 5.74) is 3.51. The van der Waals surface area contributed by atoms with Crippen molar-refractivity contribution in [3.8, 4) is 0 Å². The van der Waals surface area contributed by atoms with Crippen molar-refractivity contribution in [1.29, 1.82) is 0 Å². The summed E-state index contributed by atoms with van der Waals surface area (Å²) in [6.07, 6.45) is 9.56. The SMILES string of the molecule is CN(C)CCc1ccc(Nc2ncc(C3CC3)c(NCCCNC(=O)C3CCC3)n2)cc1. The average Bonchev–Trinajstić information content (AvgIpc) is 3.57. The number of carbonyl (C=O) groups is 1. The van der Waals surface area contributed by atoms with Gasteiger partial charge in [0, 0.05) is 43.0 Å². The Balaban J connectivity index is 1.29. The van der Waals surface area contributed by atoms with Gasteiger partial charge in [0.25, 0.3) is 0 Å². The topological polar surface area (TPSA) is 82.2 Å². The molecule has 1 amide bonds. The van der Waals surface area contributed by atoms with Crippen LogP contribution in [0.2, 0.25) is 0 Å². The molecule has 2 aliphatic carbocycles. The number of aromatic nitrogens is 2. The fraction of sp³-hybridized carbons (Fsp3) is 0.560. The smallest absolute Gasteiger partial charge is 0.229 e. The molecule has 2 aromatic rings. The van der Waals surface area contributed by atoms with Crippen LogP contribution in [-0.2, 0) is 11.2 Å². The third-order valence-corrected chi connectivity index (χ3v) is 6.31. The number of nitrogens with zero attached hydrogens (tertiary/aromatic N) is 3. The standard InChI is InChI=1S/C25H36N6O/c1-31(2)16-13-18-7-11-21(12-8-18)29-25-28-17-22(19-9-10-19)23(30-25)26-14-4-15-27-24(32)20-5-3-6-20/h7-8,11-12,17,19-20H,3-6,9-10,13-16H2,1-2H3,(H,27,32)(H2,26,28,29,30). The molecule has 0 saturated heterocycles. The Labute approximate surface area is 191 Å². The fourth-order valence-corrected chi connectivity index (χ4v) is 3.84. The van der Waals surface area contributed by atoms with Crippen LogP contribution in [0.15, 0.2) is 30.5 Å². The summed E-state index contributed by atoms with van der Waals surface area (Å²) in [4.78, 5) is 23.5. The molecule has 1 aromatic carbocycles. The van der Waals surface area contributed by atoms with Crippen molar-refractivity contribution in [3.05, 3.63) is 41.6 Å². The normalized spacial score (nSPS) is 16.0. The quantitative estimate of drug-likeness (QED) is 0.438. The lowest BCUT2D eigenvalue weighted by molar-refractivity contribution is -0.127. The fourth-order valence-electron chi connectivity index (χ4n) is 3.84. The lowest BCUT2D eigenvalue weighted by atomic mass is 9.85. The van der Waals surface area contributed by atoms with Gasteiger partial charge in [-0.2, -0.15) is 4.98 Å². The summed E-state index contributed by atoms with van der Waals surface area (Å²) in [6.45, 7) is 2.52. The van der Waals surface area contributed by atoms with Crippen molar-refractivity contribution in [2.75, 3.05) is 44.4 Å². The summed E-state index contributed by atoms with van der Waals surface area (Å²) in [5, 5.41) is 9.87. The van der Waals surface area contributed by atoms with Gasteiger partial charge in [-0.05, 0) is 76.2 Å². The van der Waals surface area contributed by atoms with E-state index in [0.29, 0.717) is 18.4 Å². The summed E-state index contributed by atoms with van der Waals surface area (Å²) in [5.74, 6) is 2.56. The highest BCUT2D eigenvalue weighted by atomic mass is 16.1. The number of anilines is 3. The Bertz CT molecular complexity index is 890. The molecule has 2 saturated carbocycles. The molecule has 172 valence electrons. The van der Waals surface area contributed by atoms with Crippen LogP contribution in [-0.4, -0.2) is 54.5 Å². The predicted octanol–water partition coefficient (Wildman–Crippen LogP) is 3.92. The highest BCUT2D eigenvalue weighted by molar-refractivity contribution is 5.79. The predicted molar refractivity (Wildman–Crippen MR) is 129 cm³/mol. The molecular weight excluding hydrogens is 400 g/mol. The molecule has 1 heterocycles. The molecule has 7 nitrogen and oxygen atoms in total. The van der Waals surface area contributed by atoms with E-state index >= 15 is 0 Å². The molecule has 0 aliphatic heterocycles. The van der Waals surface area contributed by atoms with Crippen LogP contribution in [0.25, 0.3) is 0 Å². The van der Waals surface area contributed by atoms with E-state index in [4.69, 9.17) is 4.98 Å². The van der Waals surface area contributed by atoms with Crippen molar-refractivity contribution < 1.29 is 4.79 Å². The number of likely N-dealkylation sites (N-methyl/N-ethyl adjacent to an activating group) is 1. The van der Waals surface area contributed by atoms with Gasteiger partial charge >= 0.3 is 0 Å². The van der Waals surface area contributed by atoms with E-state index in [1.54, 1.807) is 0 Å². The third kappa shape index (κ3) is 6.42. The van der Waals surface area contributed by atoms with Crippen molar-refractivity contribution in [2.45, 2.75) is 50.9 Å². The molecule has 3 N–H and O–H groups in total. The number of carbonyl (C=O) groups excluding carboxylic acids is 1. The Morgan fingerprint density at radius 2 is 1.88 bits per heavy atom. The van der Waals surface area contributed by atoms with E-state index in [-0.39, 0.29) is 11.8 Å². The molecule has 2 aliphatic rings. The molecule has 0 spiro atoms. The zero-order valence-electron chi connectivity index (χ0n) is 19.4. The molecule has 0 atom stereocenters. The molecular formula is C25H36N6O. The van der Waals surface area contributed by atoms with Crippen molar-refractivity contribution in [2.24, 2.45) is 5.92 Å². The molecule has 2 fully saturated rings. The lowest BCUT2D eigenvalue weighted by Crippen LogP contribution is -2.35. The minimum absolute atomic E-state index is 0.219. The highest BCUT2D eigenvalue weighted by Gasteiger charge is 2.28. The van der Waals surface area contributed by atoms with Crippen LogP contribution in [0.5, 0.6) is 0 Å². The first-order valence-electron chi connectivity index (χ1n) is 12.0. The third-order valence-electron chi connectivity index (χ3n) is 6.31. The van der Waals surface area contributed by atoms with Crippen LogP contribution in [0.4, 0.5) is 17.5 Å². The zero-order valence-corrected chi connectivity index (χ0v) is 19.4. The molecule has 0 radical (unpaired) electrons. The first-order valence-corrected chi connectivity index (χ1v) is 12.0. The van der Waals surface area contributed by atoms with Gasteiger partial charge in [-0.15, -0.1) is 0 Å². The van der Waals surface area contributed by atoms with E-state index in [2.05, 4.69) is 64.2 Å². The molecule has 7 heteroatoms. The summed E-state index contributed by atoms with van der Waals surface area (Å²) in [6, 6.07) is 8.48. The monoisotopic (exact) mass is 436 g/mol. The zero-order chi connectivity index (χ0) is 22.3. The maximum absolute atomic E-state index is 12.0. The lowest BCUT2D eigenvalue weighted by Gasteiger charge is -2.24. The molecule has 32 heavy (non-hydrogen) atoms. The first kappa shape index (κ1) is 22.5. The van der Waals surface area contributed by atoms with E-state index in [0.717, 1.165) is 50.3 Å². The Kier molecular flexibility index (Phi) is 7.58. The Morgan fingerprint density at radius 1 is 1.09 bits per heavy atom. The minimum atomic E-state index is 0.219. The van der Waals surface area contributed by atoms with Crippen LogP contribution in [0.3, 0.4) is 0 Å².